The number of piperidine rings is 1. The predicted octanol–water partition coefficient (Wildman–Crippen LogP) is 6.97. The number of nitrogens with one attached hydrogen (secondary N) is 1. The smallest absolute Gasteiger partial charge is 0.410 e. The van der Waals surface area contributed by atoms with Gasteiger partial charge in [0.25, 0.3) is 0 Å². The number of carbonyl (C=O) groups is 1. The van der Waals surface area contributed by atoms with Gasteiger partial charge in [0, 0.05) is 62.1 Å². The third kappa shape index (κ3) is 8.12. The summed E-state index contributed by atoms with van der Waals surface area (Å²) in [6.45, 7) is 17.5. The number of rotatable bonds is 5. The molecule has 258 valence electrons. The van der Waals surface area contributed by atoms with E-state index in [9.17, 15) is 18.0 Å². The molecule has 4 aliphatic heterocycles. The van der Waals surface area contributed by atoms with Crippen LogP contribution in [-0.2, 0) is 6.42 Å². The lowest BCUT2D eigenvalue weighted by atomic mass is 9.67. The molecular weight excluding hydrogens is 619 g/mol. The van der Waals surface area contributed by atoms with E-state index in [1.807, 2.05) is 11.0 Å². The first kappa shape index (κ1) is 39.5. The fourth-order valence-corrected chi connectivity index (χ4v) is 8.65. The Labute approximate surface area is 289 Å². The quantitative estimate of drug-likeness (QED) is 0.154. The van der Waals surface area contributed by atoms with E-state index in [-0.39, 0.29) is 17.9 Å². The van der Waals surface area contributed by atoms with Crippen LogP contribution < -0.4 is 4.74 Å². The number of likely N-dealkylation sites (N-methyl/N-ethyl adjacent to an activating group) is 1. The molecule has 4 heterocycles. The van der Waals surface area contributed by atoms with E-state index in [4.69, 9.17) is 10.1 Å². The van der Waals surface area contributed by atoms with E-state index < -0.39 is 17.8 Å². The Balaban J connectivity index is 0.000000318. The van der Waals surface area contributed by atoms with Crippen LogP contribution in [0.4, 0.5) is 18.0 Å². The summed E-state index contributed by atoms with van der Waals surface area (Å²) < 4.78 is 43.7. The first-order chi connectivity index (χ1) is 21.9. The minimum Gasteiger partial charge on any atom is -0.410 e. The number of halogens is 3. The Morgan fingerprint density at radius 3 is 2.32 bits per heavy atom. The second-order valence-electron chi connectivity index (χ2n) is 14.6. The lowest BCUT2D eigenvalue weighted by Crippen LogP contribution is -2.72. The molecule has 6 rings (SSSR count). The van der Waals surface area contributed by atoms with Crippen LogP contribution in [0.5, 0.6) is 5.75 Å². The average Bonchev–Trinajstić information content (AvgIpc) is 3.29. The summed E-state index contributed by atoms with van der Waals surface area (Å²) in [6, 6.07) is 7.41. The summed E-state index contributed by atoms with van der Waals surface area (Å²) in [5.41, 5.74) is 1.07. The zero-order chi connectivity index (χ0) is 35.4. The van der Waals surface area contributed by atoms with Gasteiger partial charge in [-0.3, -0.25) is 0 Å². The molecule has 1 aromatic carbocycles. The highest BCUT2D eigenvalue weighted by Gasteiger charge is 2.60. The molecule has 3 saturated heterocycles. The summed E-state index contributed by atoms with van der Waals surface area (Å²) >= 11 is 3.72. The molecule has 1 N–H and O–H groups in total. The van der Waals surface area contributed by atoms with E-state index in [1.54, 1.807) is 0 Å². The summed E-state index contributed by atoms with van der Waals surface area (Å²) in [7, 11) is 13.4. The Morgan fingerprint density at radius 2 is 1.77 bits per heavy atom. The topological polar surface area (TPSA) is 56.6 Å². The van der Waals surface area contributed by atoms with E-state index >= 15 is 0 Å². The normalized spacial score (nSPS) is 29.7. The van der Waals surface area contributed by atoms with Gasteiger partial charge >= 0.3 is 6.09 Å². The van der Waals surface area contributed by atoms with Crippen molar-refractivity contribution in [3.05, 3.63) is 42.5 Å². The number of alkyl halides is 3. The third-order valence-corrected chi connectivity index (χ3v) is 11.1. The molecular formula is C35H54B2F3N4O2S+. The van der Waals surface area contributed by atoms with Crippen molar-refractivity contribution in [3.8, 4) is 5.75 Å². The van der Waals surface area contributed by atoms with Gasteiger partial charge in [-0.2, -0.15) is 12.6 Å². The van der Waals surface area contributed by atoms with Crippen LogP contribution in [0.15, 0.2) is 31.4 Å². The number of likely N-dealkylation sites (tertiary alicyclic amines) is 2. The van der Waals surface area contributed by atoms with E-state index in [0.29, 0.717) is 29.0 Å². The highest BCUT2D eigenvalue weighted by Crippen LogP contribution is 2.56. The Bertz CT molecular complexity index is 1250. The second kappa shape index (κ2) is 15.3. The molecule has 1 saturated carbocycles. The van der Waals surface area contributed by atoms with Crippen LogP contribution in [0.3, 0.4) is 0 Å². The molecule has 47 heavy (non-hydrogen) atoms. The molecule has 1 spiro atoms. The minimum atomic E-state index is -3.98. The molecule has 4 radical (unpaired) electrons. The highest BCUT2D eigenvalue weighted by atomic mass is 32.1. The van der Waals surface area contributed by atoms with Gasteiger partial charge in [0.1, 0.15) is 31.2 Å². The molecule has 1 amide bonds. The summed E-state index contributed by atoms with van der Waals surface area (Å²) in [4.78, 5) is 16.8. The fraction of sp³-hybridized carbons (Fsp3) is 0.714. The van der Waals surface area contributed by atoms with Gasteiger partial charge in [-0.1, -0.05) is 20.3 Å². The van der Waals surface area contributed by atoms with Gasteiger partial charge < -0.3 is 24.4 Å². The van der Waals surface area contributed by atoms with E-state index in [1.165, 1.54) is 17.5 Å². The van der Waals surface area contributed by atoms with Crippen molar-refractivity contribution in [2.24, 2.45) is 10.8 Å². The zero-order valence-corrected chi connectivity index (χ0v) is 30.0. The fourth-order valence-electron chi connectivity index (χ4n) is 8.49. The largest absolute Gasteiger partial charge is 0.415 e. The summed E-state index contributed by atoms with van der Waals surface area (Å²) in [6.07, 6.45) is 6.14. The number of benzene rings is 1. The SMILES string of the molecule is C=C.CCC.CN1CC2(C1)CN(C(=O)Oc1ccc3c(c1)CC[N+]1(C)C3CCC3(C)C(=N)CCC31)C2.[B]C(F)(F)C([B])(F)CCCS. The maximum atomic E-state index is 12.7. The predicted molar refractivity (Wildman–Crippen MR) is 190 cm³/mol. The zero-order valence-electron chi connectivity index (χ0n) is 29.1. The Hall–Kier alpha value is -1.91. The Morgan fingerprint density at radius 1 is 1.15 bits per heavy atom. The van der Waals surface area contributed by atoms with Gasteiger partial charge in [0.15, 0.2) is 7.85 Å². The first-order valence-corrected chi connectivity index (χ1v) is 17.5. The minimum absolute atomic E-state index is 0.0854. The number of hydrogen-bond acceptors (Lipinski definition) is 5. The maximum absolute atomic E-state index is 12.7. The van der Waals surface area contributed by atoms with Crippen LogP contribution in [0.25, 0.3) is 0 Å². The number of quaternary nitrogens is 1. The second-order valence-corrected chi connectivity index (χ2v) is 15.0. The van der Waals surface area contributed by atoms with Crippen LogP contribution in [0, 0.1) is 16.2 Å². The van der Waals surface area contributed by atoms with Gasteiger partial charge in [-0.25, -0.2) is 18.0 Å². The number of fused-ring (bicyclic) bond motifs is 5. The van der Waals surface area contributed by atoms with Crippen molar-refractivity contribution in [1.29, 1.82) is 5.41 Å². The number of amides is 1. The molecule has 4 fully saturated rings. The number of thiol groups is 1. The van der Waals surface area contributed by atoms with Crippen LogP contribution >= 0.6 is 12.6 Å². The maximum Gasteiger partial charge on any atom is 0.415 e. The molecule has 5 unspecified atom stereocenters. The molecule has 5 atom stereocenters. The van der Waals surface area contributed by atoms with Crippen molar-refractivity contribution in [1.82, 2.24) is 9.80 Å². The molecule has 1 aromatic rings. The van der Waals surface area contributed by atoms with E-state index in [2.05, 4.69) is 93.4 Å². The molecule has 0 aromatic heterocycles. The number of carbonyl (C=O) groups excluding carboxylic acids is 1. The van der Waals surface area contributed by atoms with Crippen molar-refractivity contribution < 1.29 is 27.2 Å². The van der Waals surface area contributed by atoms with Crippen LogP contribution in [0.2, 0.25) is 0 Å². The summed E-state index contributed by atoms with van der Waals surface area (Å²) in [5.74, 6) is -2.98. The Kier molecular flexibility index (Phi) is 12.9. The molecule has 0 bridgehead atoms. The van der Waals surface area contributed by atoms with Crippen molar-refractivity contribution in [2.75, 3.05) is 52.6 Å². The highest BCUT2D eigenvalue weighted by molar-refractivity contribution is 7.80. The van der Waals surface area contributed by atoms with Gasteiger partial charge in [0.2, 0.25) is 5.82 Å². The molecule has 1 aliphatic carbocycles. The van der Waals surface area contributed by atoms with Crippen molar-refractivity contribution in [3.63, 3.8) is 0 Å². The number of nitrogens with zero attached hydrogens (tertiary/aromatic N) is 3. The first-order valence-electron chi connectivity index (χ1n) is 16.9. The molecule has 5 aliphatic rings. The van der Waals surface area contributed by atoms with E-state index in [0.717, 1.165) is 75.0 Å². The lowest BCUT2D eigenvalue weighted by molar-refractivity contribution is -0.974. The van der Waals surface area contributed by atoms with Crippen LogP contribution in [-0.4, -0.2) is 112 Å². The number of ether oxygens (including phenoxy) is 1. The lowest BCUT2D eigenvalue weighted by Gasteiger charge is -2.58. The monoisotopic (exact) mass is 673 g/mol. The summed E-state index contributed by atoms with van der Waals surface area (Å²) in [5, 5.41) is 8.54. The molecule has 12 heteroatoms. The van der Waals surface area contributed by atoms with Crippen LogP contribution in [0.1, 0.15) is 82.9 Å². The van der Waals surface area contributed by atoms with Gasteiger partial charge in [-0.05, 0) is 69.2 Å². The van der Waals surface area contributed by atoms with Crippen molar-refractivity contribution in [2.45, 2.75) is 95.6 Å². The standard InChI is InChI=1S/C25H35N4O2.C5H7B2F3S.C3H8.C2H4/c1-24-10-8-20-19-5-4-18(31-23(30)28-15-25(16-28)13-27(2)14-25)12-17(19)9-11-29(20,3)22(24)7-6-21(24)26;6-4(8,2-1-3-11)5(7,9)10;1-3-2;1-2/h4-5,12,20,22,26H,6-11,13-16H2,1-3H3;11H,1-3H2;3H2,1-2H3;1-2H2/q+1;;;. The third-order valence-electron chi connectivity index (χ3n) is 10.8. The molecule has 6 nitrogen and oxygen atoms in total. The van der Waals surface area contributed by atoms with Gasteiger partial charge in [0.05, 0.1) is 19.0 Å². The van der Waals surface area contributed by atoms with Crippen molar-refractivity contribution >= 4 is 40.1 Å². The van der Waals surface area contributed by atoms with Gasteiger partial charge in [-0.15, -0.1) is 13.2 Å². The average molecular weight is 674 g/mol. The number of hydrogen-bond donors (Lipinski definition) is 2.